The highest BCUT2D eigenvalue weighted by Gasteiger charge is 2.06. The van der Waals surface area contributed by atoms with E-state index in [9.17, 15) is 0 Å². The molecule has 0 aliphatic heterocycles. The van der Waals surface area contributed by atoms with E-state index >= 15 is 0 Å². The summed E-state index contributed by atoms with van der Waals surface area (Å²) in [5.74, 6) is 0. The minimum absolute atomic E-state index is 0.290. The van der Waals surface area contributed by atoms with E-state index in [2.05, 4.69) is 6.92 Å². The standard InChI is InChI=1S/C16H30O4/c1-6-14(13-16(19-9-4)20-10-5)11-12-15(17-7-2)18-8-3/h11-13,15-16H,6-10H2,1-5H3. The van der Waals surface area contributed by atoms with Crippen LogP contribution in [0.3, 0.4) is 0 Å². The van der Waals surface area contributed by atoms with Gasteiger partial charge in [0.25, 0.3) is 0 Å². The van der Waals surface area contributed by atoms with Crippen molar-refractivity contribution in [2.75, 3.05) is 26.4 Å². The number of hydrogen-bond acceptors (Lipinski definition) is 4. The Kier molecular flexibility index (Phi) is 12.9. The molecule has 0 bridgehead atoms. The van der Waals surface area contributed by atoms with Crippen LogP contribution >= 0.6 is 0 Å². The Morgan fingerprint density at radius 3 is 1.60 bits per heavy atom. The van der Waals surface area contributed by atoms with Crippen LogP contribution in [-0.4, -0.2) is 39.0 Å². The summed E-state index contributed by atoms with van der Waals surface area (Å²) in [6.45, 7) is 12.4. The molecule has 0 saturated heterocycles. The summed E-state index contributed by atoms with van der Waals surface area (Å²) >= 11 is 0. The van der Waals surface area contributed by atoms with Crippen molar-refractivity contribution in [3.8, 4) is 0 Å². The third-order valence-corrected chi connectivity index (χ3v) is 2.55. The molecule has 0 aromatic rings. The van der Waals surface area contributed by atoms with Gasteiger partial charge in [-0.1, -0.05) is 13.0 Å². The molecule has 20 heavy (non-hydrogen) atoms. The number of hydrogen-bond donors (Lipinski definition) is 0. The lowest BCUT2D eigenvalue weighted by molar-refractivity contribution is -0.105. The lowest BCUT2D eigenvalue weighted by Gasteiger charge is -2.15. The van der Waals surface area contributed by atoms with Crippen LogP contribution in [0.15, 0.2) is 23.8 Å². The molecule has 0 rings (SSSR count). The van der Waals surface area contributed by atoms with E-state index in [4.69, 9.17) is 18.9 Å². The van der Waals surface area contributed by atoms with Gasteiger partial charge in [-0.05, 0) is 51.8 Å². The molecular weight excluding hydrogens is 256 g/mol. The van der Waals surface area contributed by atoms with Gasteiger partial charge in [0, 0.05) is 26.4 Å². The summed E-state index contributed by atoms with van der Waals surface area (Å²) in [7, 11) is 0. The Hall–Kier alpha value is -0.680. The molecule has 0 aromatic carbocycles. The molecule has 0 spiro atoms. The zero-order valence-corrected chi connectivity index (χ0v) is 13.6. The van der Waals surface area contributed by atoms with Gasteiger partial charge < -0.3 is 18.9 Å². The van der Waals surface area contributed by atoms with Gasteiger partial charge in [-0.3, -0.25) is 0 Å². The van der Waals surface area contributed by atoms with E-state index in [1.807, 2.05) is 45.9 Å². The Labute approximate surface area is 123 Å². The molecule has 0 aromatic heterocycles. The van der Waals surface area contributed by atoms with Crippen LogP contribution in [-0.2, 0) is 18.9 Å². The van der Waals surface area contributed by atoms with Gasteiger partial charge in [0.2, 0.25) is 0 Å². The minimum Gasteiger partial charge on any atom is -0.349 e. The first-order valence-electron chi connectivity index (χ1n) is 7.56. The molecule has 0 amide bonds. The third kappa shape index (κ3) is 9.26. The van der Waals surface area contributed by atoms with Crippen LogP contribution in [0.5, 0.6) is 0 Å². The quantitative estimate of drug-likeness (QED) is 0.405. The van der Waals surface area contributed by atoms with Gasteiger partial charge in [0.05, 0.1) is 0 Å². The average molecular weight is 286 g/mol. The zero-order chi connectivity index (χ0) is 15.2. The predicted octanol–water partition coefficient (Wildman–Crippen LogP) is 3.68. The molecule has 0 heterocycles. The molecular formula is C16H30O4. The van der Waals surface area contributed by atoms with E-state index in [0.717, 1.165) is 12.0 Å². The van der Waals surface area contributed by atoms with Crippen LogP contribution in [0.25, 0.3) is 0 Å². The van der Waals surface area contributed by atoms with Crippen molar-refractivity contribution in [1.82, 2.24) is 0 Å². The number of ether oxygens (including phenoxy) is 4. The van der Waals surface area contributed by atoms with Gasteiger partial charge in [-0.2, -0.15) is 0 Å². The molecule has 0 saturated carbocycles. The summed E-state index contributed by atoms with van der Waals surface area (Å²) in [5, 5.41) is 0. The largest absolute Gasteiger partial charge is 0.349 e. The zero-order valence-electron chi connectivity index (χ0n) is 13.6. The average Bonchev–Trinajstić information content (AvgIpc) is 2.44. The highest BCUT2D eigenvalue weighted by Crippen LogP contribution is 2.10. The Morgan fingerprint density at radius 2 is 1.20 bits per heavy atom. The first kappa shape index (κ1) is 19.3. The Bertz CT molecular complexity index is 262. The smallest absolute Gasteiger partial charge is 0.177 e. The van der Waals surface area contributed by atoms with Crippen LogP contribution < -0.4 is 0 Å². The molecule has 4 nitrogen and oxygen atoms in total. The molecule has 0 N–H and O–H groups in total. The molecule has 0 aliphatic carbocycles. The van der Waals surface area contributed by atoms with Crippen molar-refractivity contribution in [1.29, 1.82) is 0 Å². The number of allylic oxidation sites excluding steroid dienone is 2. The van der Waals surface area contributed by atoms with Gasteiger partial charge in [-0.25, -0.2) is 0 Å². The highest BCUT2D eigenvalue weighted by atomic mass is 16.7. The molecule has 0 atom stereocenters. The molecule has 0 unspecified atom stereocenters. The summed E-state index contributed by atoms with van der Waals surface area (Å²) in [5.41, 5.74) is 1.14. The van der Waals surface area contributed by atoms with Crippen LogP contribution in [0.4, 0.5) is 0 Å². The van der Waals surface area contributed by atoms with Crippen molar-refractivity contribution in [3.05, 3.63) is 23.8 Å². The van der Waals surface area contributed by atoms with Crippen molar-refractivity contribution >= 4 is 0 Å². The van der Waals surface area contributed by atoms with Gasteiger partial charge in [-0.15, -0.1) is 0 Å². The van der Waals surface area contributed by atoms with Crippen molar-refractivity contribution in [3.63, 3.8) is 0 Å². The Balaban J connectivity index is 4.68. The number of rotatable bonds is 12. The van der Waals surface area contributed by atoms with Gasteiger partial charge in [0.15, 0.2) is 12.6 Å². The summed E-state index contributed by atoms with van der Waals surface area (Å²) in [6.07, 6.45) is 6.26. The van der Waals surface area contributed by atoms with E-state index in [0.29, 0.717) is 26.4 Å². The molecule has 118 valence electrons. The summed E-state index contributed by atoms with van der Waals surface area (Å²) in [4.78, 5) is 0. The second-order valence-corrected chi connectivity index (χ2v) is 4.01. The van der Waals surface area contributed by atoms with Crippen LogP contribution in [0.2, 0.25) is 0 Å². The minimum atomic E-state index is -0.294. The molecule has 0 radical (unpaired) electrons. The van der Waals surface area contributed by atoms with E-state index < -0.39 is 0 Å². The maximum absolute atomic E-state index is 5.52. The van der Waals surface area contributed by atoms with Gasteiger partial charge >= 0.3 is 0 Å². The topological polar surface area (TPSA) is 36.9 Å². The summed E-state index contributed by atoms with van der Waals surface area (Å²) in [6, 6.07) is 0. The van der Waals surface area contributed by atoms with E-state index in [1.165, 1.54) is 0 Å². The highest BCUT2D eigenvalue weighted by molar-refractivity contribution is 5.19. The molecule has 0 fully saturated rings. The fourth-order valence-corrected chi connectivity index (χ4v) is 1.63. The van der Waals surface area contributed by atoms with Crippen LogP contribution in [0.1, 0.15) is 41.0 Å². The van der Waals surface area contributed by atoms with Crippen molar-refractivity contribution in [2.24, 2.45) is 0 Å². The fourth-order valence-electron chi connectivity index (χ4n) is 1.63. The van der Waals surface area contributed by atoms with Crippen LogP contribution in [0, 0.1) is 0 Å². The molecule has 0 aliphatic rings. The van der Waals surface area contributed by atoms with E-state index in [1.54, 1.807) is 0 Å². The third-order valence-electron chi connectivity index (χ3n) is 2.55. The Morgan fingerprint density at radius 1 is 0.750 bits per heavy atom. The second-order valence-electron chi connectivity index (χ2n) is 4.01. The normalized spacial score (nSPS) is 13.1. The van der Waals surface area contributed by atoms with Crippen molar-refractivity contribution in [2.45, 2.75) is 53.6 Å². The lowest BCUT2D eigenvalue weighted by atomic mass is 10.1. The van der Waals surface area contributed by atoms with E-state index in [-0.39, 0.29) is 12.6 Å². The van der Waals surface area contributed by atoms with Gasteiger partial charge in [0.1, 0.15) is 0 Å². The first-order valence-corrected chi connectivity index (χ1v) is 7.56. The lowest BCUT2D eigenvalue weighted by Crippen LogP contribution is -2.15. The summed E-state index contributed by atoms with van der Waals surface area (Å²) < 4.78 is 22.0. The maximum Gasteiger partial charge on any atom is 0.177 e. The maximum atomic E-state index is 5.52. The first-order chi connectivity index (χ1) is 9.71. The fraction of sp³-hybridized carbons (Fsp3) is 0.750. The van der Waals surface area contributed by atoms with Crippen molar-refractivity contribution < 1.29 is 18.9 Å². The molecule has 4 heteroatoms. The SMILES string of the molecule is CCOC(C=CC(=CC(OCC)OCC)CC)OCC. The second kappa shape index (κ2) is 13.3. The predicted molar refractivity (Wildman–Crippen MR) is 81.6 cm³/mol. The monoisotopic (exact) mass is 286 g/mol.